The van der Waals surface area contributed by atoms with Gasteiger partial charge in [-0.1, -0.05) is 6.92 Å². The maximum atomic E-state index is 14.8. The summed E-state index contributed by atoms with van der Waals surface area (Å²) in [6, 6.07) is 1.72. The zero-order valence-electron chi connectivity index (χ0n) is 16.1. The molecule has 3 aliphatic rings. The Bertz CT molecular complexity index is 804. The Kier molecular flexibility index (Phi) is 4.79. The van der Waals surface area contributed by atoms with Crippen molar-refractivity contribution in [1.82, 2.24) is 9.80 Å². The van der Waals surface area contributed by atoms with Crippen molar-refractivity contribution in [3.63, 3.8) is 0 Å². The number of likely N-dealkylation sites (tertiary alicyclic amines) is 1. The van der Waals surface area contributed by atoms with Crippen molar-refractivity contribution < 1.29 is 28.6 Å². The van der Waals surface area contributed by atoms with Crippen molar-refractivity contribution in [3.05, 3.63) is 29.1 Å². The highest BCUT2D eigenvalue weighted by atomic mass is 19.1. The molecule has 1 unspecified atom stereocenters. The summed E-state index contributed by atoms with van der Waals surface area (Å²) in [5, 5.41) is 9.25. The largest absolute Gasteiger partial charge is 0.493 e. The van der Waals surface area contributed by atoms with Gasteiger partial charge in [0, 0.05) is 24.6 Å². The number of halogens is 1. The molecule has 0 bridgehead atoms. The van der Waals surface area contributed by atoms with E-state index in [4.69, 9.17) is 9.47 Å². The van der Waals surface area contributed by atoms with E-state index in [-0.39, 0.29) is 30.2 Å². The van der Waals surface area contributed by atoms with Crippen LogP contribution in [0, 0.1) is 11.2 Å². The maximum Gasteiger partial charge on any atom is 0.328 e. The summed E-state index contributed by atoms with van der Waals surface area (Å²) in [5.41, 5.74) is 0.746. The second-order valence-electron chi connectivity index (χ2n) is 8.54. The molecule has 2 heterocycles. The Morgan fingerprint density at radius 1 is 1.36 bits per heavy atom. The van der Waals surface area contributed by atoms with Crippen molar-refractivity contribution in [2.24, 2.45) is 5.41 Å². The van der Waals surface area contributed by atoms with Crippen LogP contribution < -0.4 is 4.74 Å². The van der Waals surface area contributed by atoms with Gasteiger partial charge in [0.2, 0.25) is 0 Å². The highest BCUT2D eigenvalue weighted by Crippen LogP contribution is 2.45. The predicted molar refractivity (Wildman–Crippen MR) is 97.9 cm³/mol. The third-order valence-electron chi connectivity index (χ3n) is 5.65. The first-order valence-corrected chi connectivity index (χ1v) is 9.54. The molecule has 4 rings (SSSR count). The van der Waals surface area contributed by atoms with Crippen LogP contribution in [0.5, 0.6) is 5.75 Å². The van der Waals surface area contributed by atoms with Gasteiger partial charge < -0.3 is 19.5 Å². The van der Waals surface area contributed by atoms with Crippen molar-refractivity contribution in [2.75, 3.05) is 40.1 Å². The molecule has 1 amide bonds. The van der Waals surface area contributed by atoms with Crippen LogP contribution in [0.1, 0.15) is 41.6 Å². The number of hydrogen-bond donors (Lipinski definition) is 1. The van der Waals surface area contributed by atoms with Crippen molar-refractivity contribution in [3.8, 4) is 5.75 Å². The van der Waals surface area contributed by atoms with Crippen LogP contribution >= 0.6 is 0 Å². The van der Waals surface area contributed by atoms with E-state index >= 15 is 0 Å². The van der Waals surface area contributed by atoms with Gasteiger partial charge in [0.1, 0.15) is 18.3 Å². The standard InChI is InChI=1S/C20H25FN2O5/c1-20(8-22(2)9-20)10-28-17-6-15(21)14(5-13(17)12-3-4-12)18(24)23-11-27-7-16(23)19(25)26/h5-6,12,16H,3-4,7-11H2,1-2H3,(H,25,26). The minimum Gasteiger partial charge on any atom is -0.493 e. The first-order chi connectivity index (χ1) is 13.3. The van der Waals surface area contributed by atoms with Crippen molar-refractivity contribution in [2.45, 2.75) is 31.7 Å². The number of carbonyl (C=O) groups excluding carboxylic acids is 1. The number of hydrogen-bond acceptors (Lipinski definition) is 5. The molecule has 1 aromatic rings. The van der Waals surface area contributed by atoms with E-state index in [1.165, 1.54) is 12.1 Å². The van der Waals surface area contributed by atoms with E-state index in [1.54, 1.807) is 0 Å². The average Bonchev–Trinajstić information content (AvgIpc) is 3.33. The van der Waals surface area contributed by atoms with Crippen molar-refractivity contribution >= 4 is 11.9 Å². The molecule has 2 saturated heterocycles. The lowest BCUT2D eigenvalue weighted by molar-refractivity contribution is -0.141. The minimum absolute atomic E-state index is 0.0438. The summed E-state index contributed by atoms with van der Waals surface area (Å²) in [6.07, 6.45) is 1.94. The molecule has 0 radical (unpaired) electrons. The molecule has 3 fully saturated rings. The fourth-order valence-corrected chi connectivity index (χ4v) is 4.18. The van der Waals surface area contributed by atoms with Gasteiger partial charge >= 0.3 is 5.97 Å². The van der Waals surface area contributed by atoms with E-state index in [0.717, 1.165) is 36.4 Å². The quantitative estimate of drug-likeness (QED) is 0.797. The first-order valence-electron chi connectivity index (χ1n) is 9.54. The van der Waals surface area contributed by atoms with Crippen LogP contribution in [0.2, 0.25) is 0 Å². The highest BCUT2D eigenvalue weighted by Gasteiger charge is 2.39. The summed E-state index contributed by atoms with van der Waals surface area (Å²) in [4.78, 5) is 27.4. The number of carbonyl (C=O) groups is 2. The first kappa shape index (κ1) is 19.1. The fraction of sp³-hybridized carbons (Fsp3) is 0.600. The van der Waals surface area contributed by atoms with Gasteiger partial charge in [-0.25, -0.2) is 9.18 Å². The molecule has 7 nitrogen and oxygen atoms in total. The van der Waals surface area contributed by atoms with Gasteiger partial charge in [-0.15, -0.1) is 0 Å². The fourth-order valence-electron chi connectivity index (χ4n) is 4.18. The van der Waals surface area contributed by atoms with Crippen LogP contribution in [-0.4, -0.2) is 72.9 Å². The van der Waals surface area contributed by atoms with Gasteiger partial charge in [0.25, 0.3) is 5.91 Å². The van der Waals surface area contributed by atoms with E-state index in [9.17, 15) is 19.1 Å². The zero-order chi connectivity index (χ0) is 20.1. The number of aliphatic carboxylic acids is 1. The molecular formula is C20H25FN2O5. The molecule has 0 spiro atoms. The second-order valence-corrected chi connectivity index (χ2v) is 8.54. The molecule has 2 aliphatic heterocycles. The van der Waals surface area contributed by atoms with Crippen molar-refractivity contribution in [1.29, 1.82) is 0 Å². The monoisotopic (exact) mass is 392 g/mol. The second kappa shape index (κ2) is 7.00. The Hall–Kier alpha value is -2.19. The number of benzene rings is 1. The Morgan fingerprint density at radius 3 is 2.68 bits per heavy atom. The van der Waals surface area contributed by atoms with Crippen LogP contribution in [0.25, 0.3) is 0 Å². The lowest BCUT2D eigenvalue weighted by Gasteiger charge is -2.45. The Morgan fingerprint density at radius 2 is 2.07 bits per heavy atom. The molecule has 152 valence electrons. The third-order valence-corrected chi connectivity index (χ3v) is 5.65. The summed E-state index contributed by atoms with van der Waals surface area (Å²) in [7, 11) is 2.05. The number of carboxylic acid groups (broad SMARTS) is 1. The summed E-state index contributed by atoms with van der Waals surface area (Å²) in [6.45, 7) is 4.24. The van der Waals surface area contributed by atoms with Crippen LogP contribution in [0.15, 0.2) is 12.1 Å². The van der Waals surface area contributed by atoms with Gasteiger partial charge in [-0.05, 0) is 37.4 Å². The third kappa shape index (κ3) is 3.58. The van der Waals surface area contributed by atoms with E-state index in [0.29, 0.717) is 12.4 Å². The molecule has 0 aromatic heterocycles. The highest BCUT2D eigenvalue weighted by molar-refractivity contribution is 5.97. The summed E-state index contributed by atoms with van der Waals surface area (Å²) >= 11 is 0. The lowest BCUT2D eigenvalue weighted by atomic mass is 9.83. The molecule has 8 heteroatoms. The van der Waals surface area contributed by atoms with Crippen LogP contribution in [0.4, 0.5) is 4.39 Å². The molecule has 28 heavy (non-hydrogen) atoms. The van der Waals surface area contributed by atoms with Crippen LogP contribution in [0.3, 0.4) is 0 Å². The number of rotatable bonds is 6. The van der Waals surface area contributed by atoms with E-state index in [1.807, 2.05) is 7.05 Å². The normalized spacial score (nSPS) is 24.1. The number of amides is 1. The predicted octanol–water partition coefficient (Wildman–Crippen LogP) is 1.92. The van der Waals surface area contributed by atoms with Gasteiger partial charge in [-0.2, -0.15) is 0 Å². The molecule has 1 saturated carbocycles. The molecule has 1 atom stereocenters. The Balaban J connectivity index is 1.57. The van der Waals surface area contributed by atoms with Gasteiger partial charge in [-0.3, -0.25) is 9.69 Å². The van der Waals surface area contributed by atoms with Gasteiger partial charge in [0.05, 0.1) is 18.8 Å². The zero-order valence-corrected chi connectivity index (χ0v) is 16.1. The number of ether oxygens (including phenoxy) is 2. The molecular weight excluding hydrogens is 367 g/mol. The van der Waals surface area contributed by atoms with Gasteiger partial charge in [0.15, 0.2) is 6.04 Å². The molecule has 1 aromatic carbocycles. The Labute approximate surface area is 163 Å². The number of nitrogens with zero attached hydrogens (tertiary/aromatic N) is 2. The lowest BCUT2D eigenvalue weighted by Crippen LogP contribution is -2.55. The topological polar surface area (TPSA) is 79.3 Å². The maximum absolute atomic E-state index is 14.8. The average molecular weight is 392 g/mol. The smallest absolute Gasteiger partial charge is 0.328 e. The SMILES string of the molecule is CN1CC(C)(COc2cc(F)c(C(=O)N3COCC3C(=O)O)cc2C2CC2)C1. The summed E-state index contributed by atoms with van der Waals surface area (Å²) < 4.78 is 25.9. The molecule has 1 aliphatic carbocycles. The van der Waals surface area contributed by atoms with E-state index < -0.39 is 23.7 Å². The minimum atomic E-state index is -1.16. The molecule has 1 N–H and O–H groups in total. The summed E-state index contributed by atoms with van der Waals surface area (Å²) in [5.74, 6) is -1.78. The van der Waals surface area contributed by atoms with Crippen LogP contribution in [-0.2, 0) is 9.53 Å². The number of carboxylic acids is 1. The van der Waals surface area contributed by atoms with E-state index in [2.05, 4.69) is 11.8 Å².